The number of carbonyl (C=O) groups excluding carboxylic acids is 2. The zero-order valence-electron chi connectivity index (χ0n) is 47.4. The highest BCUT2D eigenvalue weighted by atomic mass is 35.5. The number of aliphatic carboxylic acids is 4. The number of hydrogen-bond donors (Lipinski definition) is 8. The predicted octanol–water partition coefficient (Wildman–Crippen LogP) is 16.0. The van der Waals surface area contributed by atoms with Crippen LogP contribution in [0.3, 0.4) is 0 Å². The van der Waals surface area contributed by atoms with Crippen LogP contribution in [0.1, 0.15) is 146 Å². The van der Waals surface area contributed by atoms with E-state index >= 15 is 0 Å². The molecule has 0 amide bonds. The Hall–Kier alpha value is -9.21. The lowest BCUT2D eigenvalue weighted by Crippen LogP contribution is -2.16. The fourth-order valence-corrected chi connectivity index (χ4v) is 10.6. The van der Waals surface area contributed by atoms with Gasteiger partial charge in [-0.25, -0.2) is 0 Å². The molecular formula is C68H71ClN4O11. The molecule has 5 unspecified atom stereocenters. The van der Waals surface area contributed by atoms with Gasteiger partial charge in [0, 0.05) is 92.4 Å². The van der Waals surface area contributed by atoms with Gasteiger partial charge in [0.25, 0.3) is 0 Å². The highest BCUT2D eigenvalue weighted by molar-refractivity contribution is 6.35. The Morgan fingerprint density at radius 2 is 0.893 bits per heavy atom. The van der Waals surface area contributed by atoms with Crippen LogP contribution in [-0.2, 0) is 19.2 Å². The van der Waals surface area contributed by atoms with E-state index in [1.54, 1.807) is 73.1 Å². The third kappa shape index (κ3) is 15.9. The van der Waals surface area contributed by atoms with E-state index in [0.29, 0.717) is 63.8 Å². The van der Waals surface area contributed by atoms with Crippen molar-refractivity contribution in [3.63, 3.8) is 0 Å². The van der Waals surface area contributed by atoms with E-state index in [2.05, 4.69) is 40.7 Å². The Labute approximate surface area is 492 Å². The van der Waals surface area contributed by atoms with Crippen molar-refractivity contribution in [3.8, 4) is 5.75 Å². The number of ether oxygens (including phenoxy) is 1. The third-order valence-corrected chi connectivity index (χ3v) is 15.4. The van der Waals surface area contributed by atoms with E-state index < -0.39 is 47.5 Å². The molecule has 4 aromatic heterocycles. The Kier molecular flexibility index (Phi) is 22.4. The quantitative estimate of drug-likeness (QED) is 0.0279. The lowest BCUT2D eigenvalue weighted by Gasteiger charge is -2.14. The van der Waals surface area contributed by atoms with Gasteiger partial charge >= 0.3 is 23.9 Å². The standard InChI is InChI=1S/C20H19NO4.C18H14ClNO3.C16H21NO2.C14H17NO2/c1-2-25-14-8-9-18-15(10-14)17(12-21-18)16(20(23)24)11-19(22)13-6-4-3-5-7-13;19-14-7-4-8-15-17(14)13(10-20-15)12(18(22)23)9-16(21)11-5-2-1-3-6-11;1-3-11(2)8-9-13(16(18)19)14-10-17-15-7-5-4-6-12(14)15;1-2-3-6-11(14(16)17)12-9-15-13-8-5-4-7-10(12)13/h3-10,12,16,21H,2,11H2,1H3,(H,23,24);1-8,10,12,20H,9H2,(H,22,23);4-7,10-11,13,17H,3,8-9H2,1-2H3,(H,18,19);4-5,7-9,11,15H,2-3,6H2,1H3,(H,16,17). The average molecular weight is 1160 g/mol. The molecule has 5 atom stereocenters. The number of benzene rings is 6. The van der Waals surface area contributed by atoms with E-state index in [-0.39, 0.29) is 24.4 Å². The number of para-hydroxylation sites is 2. The molecule has 0 radical (unpaired) electrons. The second-order valence-electron chi connectivity index (χ2n) is 20.7. The molecule has 10 rings (SSSR count). The summed E-state index contributed by atoms with van der Waals surface area (Å²) in [6.07, 6.45) is 12.2. The molecule has 0 aliphatic rings. The van der Waals surface area contributed by atoms with Crippen molar-refractivity contribution in [1.82, 2.24) is 19.9 Å². The van der Waals surface area contributed by atoms with Gasteiger partial charge in [-0.2, -0.15) is 0 Å². The van der Waals surface area contributed by atoms with Crippen LogP contribution in [-0.4, -0.2) is 82.4 Å². The van der Waals surface area contributed by atoms with Gasteiger partial charge in [0.15, 0.2) is 11.6 Å². The number of carboxylic acids is 4. The van der Waals surface area contributed by atoms with Crippen molar-refractivity contribution in [3.05, 3.63) is 209 Å². The molecule has 0 saturated heterocycles. The van der Waals surface area contributed by atoms with Gasteiger partial charge in [-0.05, 0) is 96.8 Å². The SMILES string of the molecule is CCC(C)CCC(C(=O)O)c1c[nH]c2ccccc12.CCCCC(C(=O)O)c1c[nH]c2ccccc12.CCOc1ccc2[nH]cc(C(CC(=O)c3ccccc3)C(=O)O)c2c1.O=C(CC(C(=O)O)c1c[nH]c2cccc(Cl)c12)c1ccccc1. The first-order chi connectivity index (χ1) is 40.5. The summed E-state index contributed by atoms with van der Waals surface area (Å²) < 4.78 is 5.50. The number of Topliss-reactive ketones (excluding diaryl/α,β-unsaturated/α-hetero) is 2. The van der Waals surface area contributed by atoms with Gasteiger partial charge in [0.05, 0.1) is 35.3 Å². The molecule has 0 spiro atoms. The monoisotopic (exact) mass is 1150 g/mol. The molecule has 10 aromatic rings. The molecule has 0 aliphatic heterocycles. The summed E-state index contributed by atoms with van der Waals surface area (Å²) in [5.41, 5.74) is 7.54. The van der Waals surface area contributed by atoms with Gasteiger partial charge in [0.2, 0.25) is 0 Å². The molecule has 4 heterocycles. The number of carbonyl (C=O) groups is 6. The molecule has 8 N–H and O–H groups in total. The van der Waals surface area contributed by atoms with Crippen LogP contribution in [0.4, 0.5) is 0 Å². The molecule has 0 saturated carbocycles. The number of hydrogen-bond acceptors (Lipinski definition) is 7. The Balaban J connectivity index is 0.000000162. The number of aromatic nitrogens is 4. The summed E-state index contributed by atoms with van der Waals surface area (Å²) in [6, 6.07) is 44.0. The smallest absolute Gasteiger partial charge is 0.311 e. The number of halogens is 1. The van der Waals surface area contributed by atoms with E-state index in [9.17, 15) is 49.2 Å². The maximum atomic E-state index is 12.5. The number of rotatable bonds is 23. The van der Waals surface area contributed by atoms with Crippen molar-refractivity contribution in [1.29, 1.82) is 0 Å². The maximum Gasteiger partial charge on any atom is 0.311 e. The summed E-state index contributed by atoms with van der Waals surface area (Å²) in [5.74, 6) is -5.35. The van der Waals surface area contributed by atoms with Crippen molar-refractivity contribution in [2.24, 2.45) is 5.92 Å². The van der Waals surface area contributed by atoms with Gasteiger partial charge in [-0.1, -0.05) is 155 Å². The van der Waals surface area contributed by atoms with E-state index in [0.717, 1.165) is 75.0 Å². The molecule has 0 bridgehead atoms. The van der Waals surface area contributed by atoms with Gasteiger partial charge in [0.1, 0.15) is 5.75 Å². The van der Waals surface area contributed by atoms with Crippen molar-refractivity contribution < 1.29 is 53.9 Å². The lowest BCUT2D eigenvalue weighted by atomic mass is 9.90. The first-order valence-electron chi connectivity index (χ1n) is 28.2. The van der Waals surface area contributed by atoms with Crippen LogP contribution < -0.4 is 4.74 Å². The number of carboxylic acid groups (broad SMARTS) is 4. The first-order valence-corrected chi connectivity index (χ1v) is 28.6. The molecule has 0 aliphatic carbocycles. The number of unbranched alkanes of at least 4 members (excludes halogenated alkanes) is 1. The summed E-state index contributed by atoms with van der Waals surface area (Å²) in [7, 11) is 0. The normalized spacial score (nSPS) is 12.8. The second-order valence-corrected chi connectivity index (χ2v) is 21.1. The molecular weight excluding hydrogens is 1080 g/mol. The number of ketones is 2. The molecule has 15 nitrogen and oxygen atoms in total. The van der Waals surface area contributed by atoms with Crippen LogP contribution in [0.15, 0.2) is 170 Å². The minimum atomic E-state index is -1.05. The van der Waals surface area contributed by atoms with Crippen molar-refractivity contribution >= 4 is 90.7 Å². The third-order valence-electron chi connectivity index (χ3n) is 15.1. The topological polar surface area (TPSA) is 256 Å². The molecule has 0 fully saturated rings. The summed E-state index contributed by atoms with van der Waals surface area (Å²) in [6.45, 7) is 8.81. The fraction of sp³-hybridized carbons (Fsp3) is 0.265. The van der Waals surface area contributed by atoms with Crippen LogP contribution in [0.25, 0.3) is 43.6 Å². The van der Waals surface area contributed by atoms with Crippen LogP contribution in [0.2, 0.25) is 5.02 Å². The summed E-state index contributed by atoms with van der Waals surface area (Å²) in [4.78, 5) is 83.6. The number of fused-ring (bicyclic) bond motifs is 4. The minimum absolute atomic E-state index is 0.0921. The Morgan fingerprint density at radius 1 is 0.464 bits per heavy atom. The lowest BCUT2D eigenvalue weighted by molar-refractivity contribution is -0.140. The van der Waals surface area contributed by atoms with Gasteiger partial charge in [-0.15, -0.1) is 0 Å². The van der Waals surface area contributed by atoms with Crippen LogP contribution >= 0.6 is 11.6 Å². The molecule has 436 valence electrons. The average Bonchev–Trinajstić information content (AvgIpc) is 3.24. The first kappa shape index (κ1) is 62.4. The second kappa shape index (κ2) is 30.2. The van der Waals surface area contributed by atoms with Crippen molar-refractivity contribution in [2.75, 3.05) is 6.61 Å². The highest BCUT2D eigenvalue weighted by Gasteiger charge is 2.29. The zero-order valence-corrected chi connectivity index (χ0v) is 48.2. The zero-order chi connectivity index (χ0) is 60.3. The van der Waals surface area contributed by atoms with Crippen molar-refractivity contribution in [2.45, 2.75) is 103 Å². The van der Waals surface area contributed by atoms with E-state index in [1.807, 2.05) is 104 Å². The predicted molar refractivity (Wildman–Crippen MR) is 330 cm³/mol. The Bertz CT molecular complexity index is 3820. The highest BCUT2D eigenvalue weighted by Crippen LogP contribution is 2.36. The summed E-state index contributed by atoms with van der Waals surface area (Å²) in [5, 5.41) is 42.0. The molecule has 16 heteroatoms. The summed E-state index contributed by atoms with van der Waals surface area (Å²) >= 11 is 6.21. The number of aromatic amines is 4. The Morgan fingerprint density at radius 3 is 1.38 bits per heavy atom. The number of nitrogens with one attached hydrogen (secondary N) is 4. The largest absolute Gasteiger partial charge is 0.494 e. The van der Waals surface area contributed by atoms with Crippen LogP contribution in [0.5, 0.6) is 5.75 Å². The van der Waals surface area contributed by atoms with Gasteiger partial charge < -0.3 is 45.1 Å². The molecule has 84 heavy (non-hydrogen) atoms. The van der Waals surface area contributed by atoms with E-state index in [1.165, 1.54) is 0 Å². The maximum absolute atomic E-state index is 12.5. The minimum Gasteiger partial charge on any atom is -0.494 e. The van der Waals surface area contributed by atoms with Crippen LogP contribution in [0, 0.1) is 5.92 Å². The van der Waals surface area contributed by atoms with E-state index in [4.69, 9.17) is 16.3 Å². The van der Waals surface area contributed by atoms with Gasteiger partial charge in [-0.3, -0.25) is 28.8 Å². The number of H-pyrrole nitrogens is 4. The molecule has 6 aromatic carbocycles. The fourth-order valence-electron chi connectivity index (χ4n) is 10.3.